The van der Waals surface area contributed by atoms with Crippen LogP contribution in [0.4, 0.5) is 0 Å². The van der Waals surface area contributed by atoms with Gasteiger partial charge < -0.3 is 9.88 Å². The van der Waals surface area contributed by atoms with E-state index in [9.17, 15) is 9.59 Å². The third-order valence-electron chi connectivity index (χ3n) is 4.93. The molecular weight excluding hydrogens is 366 g/mol. The number of fused-ring (bicyclic) bond motifs is 2. The topological polar surface area (TPSA) is 92.2 Å². The molecule has 1 amide bonds. The van der Waals surface area contributed by atoms with Crippen molar-refractivity contribution < 1.29 is 4.79 Å². The molecule has 3 heterocycles. The van der Waals surface area contributed by atoms with Crippen molar-refractivity contribution in [1.82, 2.24) is 19.3 Å². The second-order valence-electron chi connectivity index (χ2n) is 7.81. The fourth-order valence-corrected chi connectivity index (χ4v) is 3.45. The molecule has 154 valence electrons. The smallest absolute Gasteiger partial charge is 0.267 e. The maximum atomic E-state index is 13.1. The Bertz CT molecular complexity index is 1140. The highest BCUT2D eigenvalue weighted by molar-refractivity contribution is 5.96. The lowest BCUT2D eigenvalue weighted by molar-refractivity contribution is 0.0950. The van der Waals surface area contributed by atoms with Gasteiger partial charge in [-0.25, -0.2) is 4.98 Å². The standard InChI is InChI=1S/C22H29N5O2/c1-4-5-6-8-11-24-21(28)16-13-17-20(27(19(16)23)14-15(2)3)25-18-10-7-9-12-26(18)22(17)29/h7,9-10,12-13,15,23H,4-6,8,11,14H2,1-3H3,(H,24,28). The van der Waals surface area contributed by atoms with Gasteiger partial charge in [-0.1, -0.05) is 46.1 Å². The van der Waals surface area contributed by atoms with Crippen LogP contribution in [0.1, 0.15) is 56.8 Å². The van der Waals surface area contributed by atoms with E-state index in [-0.39, 0.29) is 28.4 Å². The first-order valence-electron chi connectivity index (χ1n) is 10.3. The Labute approximate surface area is 169 Å². The molecule has 29 heavy (non-hydrogen) atoms. The molecule has 0 fully saturated rings. The third-order valence-corrected chi connectivity index (χ3v) is 4.93. The van der Waals surface area contributed by atoms with Gasteiger partial charge in [0.05, 0.1) is 10.9 Å². The zero-order valence-corrected chi connectivity index (χ0v) is 17.4. The van der Waals surface area contributed by atoms with Crippen molar-refractivity contribution in [2.24, 2.45) is 5.92 Å². The predicted octanol–water partition coefficient (Wildman–Crippen LogP) is 3.09. The van der Waals surface area contributed by atoms with E-state index in [1.54, 1.807) is 22.9 Å². The molecule has 2 N–H and O–H groups in total. The quantitative estimate of drug-likeness (QED) is 0.453. The van der Waals surface area contributed by atoms with Crippen LogP contribution in [-0.4, -0.2) is 26.4 Å². The first-order chi connectivity index (χ1) is 13.9. The molecule has 0 spiro atoms. The SMILES string of the molecule is CCCCCCNC(=O)c1cc2c(=O)n3ccccc3nc2n(CC(C)C)c1=N. The number of rotatable bonds is 8. The number of nitrogens with one attached hydrogen (secondary N) is 2. The number of amides is 1. The zero-order valence-electron chi connectivity index (χ0n) is 17.4. The molecule has 0 atom stereocenters. The number of nitrogens with zero attached hydrogens (tertiary/aromatic N) is 3. The predicted molar refractivity (Wildman–Crippen MR) is 114 cm³/mol. The van der Waals surface area contributed by atoms with Gasteiger partial charge in [-0.2, -0.15) is 0 Å². The number of carbonyl (C=O) groups excluding carboxylic acids is 1. The summed E-state index contributed by atoms with van der Waals surface area (Å²) in [5, 5.41) is 11.9. The highest BCUT2D eigenvalue weighted by atomic mass is 16.1. The molecule has 3 rings (SSSR count). The van der Waals surface area contributed by atoms with Crippen molar-refractivity contribution >= 4 is 22.6 Å². The summed E-state index contributed by atoms with van der Waals surface area (Å²) >= 11 is 0. The molecule has 0 aliphatic rings. The zero-order chi connectivity index (χ0) is 21.0. The monoisotopic (exact) mass is 395 g/mol. The lowest BCUT2D eigenvalue weighted by Gasteiger charge is -2.16. The first kappa shape index (κ1) is 20.8. The lowest BCUT2D eigenvalue weighted by Crippen LogP contribution is -2.36. The van der Waals surface area contributed by atoms with Crippen molar-refractivity contribution in [3.8, 4) is 0 Å². The van der Waals surface area contributed by atoms with Crippen LogP contribution in [0.15, 0.2) is 35.3 Å². The van der Waals surface area contributed by atoms with Crippen LogP contribution in [0.25, 0.3) is 16.7 Å². The van der Waals surface area contributed by atoms with Crippen molar-refractivity contribution in [3.05, 3.63) is 51.9 Å². The first-order valence-corrected chi connectivity index (χ1v) is 10.3. The minimum absolute atomic E-state index is 0.0874. The van der Waals surface area contributed by atoms with Crippen LogP contribution in [0.5, 0.6) is 0 Å². The second-order valence-corrected chi connectivity index (χ2v) is 7.81. The van der Waals surface area contributed by atoms with Crippen molar-refractivity contribution in [3.63, 3.8) is 0 Å². The number of hydrogen-bond acceptors (Lipinski definition) is 4. The molecule has 3 aromatic rings. The summed E-state index contributed by atoms with van der Waals surface area (Å²) in [6.07, 6.45) is 5.90. The summed E-state index contributed by atoms with van der Waals surface area (Å²) < 4.78 is 3.15. The van der Waals surface area contributed by atoms with Gasteiger partial charge in [0.2, 0.25) is 0 Å². The van der Waals surface area contributed by atoms with Crippen LogP contribution < -0.4 is 16.4 Å². The molecule has 0 aromatic carbocycles. The van der Waals surface area contributed by atoms with Gasteiger partial charge in [0.15, 0.2) is 0 Å². The van der Waals surface area contributed by atoms with Crippen LogP contribution in [-0.2, 0) is 6.54 Å². The molecule has 0 saturated carbocycles. The minimum atomic E-state index is -0.316. The largest absolute Gasteiger partial charge is 0.352 e. The summed E-state index contributed by atoms with van der Waals surface area (Å²) in [6.45, 7) is 7.28. The normalized spacial score (nSPS) is 11.4. The average molecular weight is 396 g/mol. The van der Waals surface area contributed by atoms with Gasteiger partial charge in [-0.3, -0.25) is 19.4 Å². The molecule has 0 aliphatic carbocycles. The number of pyridine rings is 2. The number of aromatic nitrogens is 3. The fourth-order valence-electron chi connectivity index (χ4n) is 3.45. The number of carbonyl (C=O) groups is 1. The van der Waals surface area contributed by atoms with Crippen molar-refractivity contribution in [2.45, 2.75) is 53.0 Å². The van der Waals surface area contributed by atoms with E-state index in [1.807, 2.05) is 19.9 Å². The lowest BCUT2D eigenvalue weighted by atomic mass is 10.1. The van der Waals surface area contributed by atoms with Crippen molar-refractivity contribution in [2.75, 3.05) is 6.54 Å². The summed E-state index contributed by atoms with van der Waals surface area (Å²) in [6, 6.07) is 6.88. The Morgan fingerprint density at radius 3 is 2.76 bits per heavy atom. The Morgan fingerprint density at radius 1 is 1.24 bits per heavy atom. The maximum absolute atomic E-state index is 13.1. The van der Waals surface area contributed by atoms with E-state index in [0.29, 0.717) is 29.8 Å². The highest BCUT2D eigenvalue weighted by Gasteiger charge is 2.17. The molecule has 0 aliphatic heterocycles. The maximum Gasteiger partial charge on any atom is 0.267 e. The minimum Gasteiger partial charge on any atom is -0.352 e. The van der Waals surface area contributed by atoms with Gasteiger partial charge >= 0.3 is 0 Å². The summed E-state index contributed by atoms with van der Waals surface area (Å²) in [7, 11) is 0. The van der Waals surface area contributed by atoms with Gasteiger partial charge in [-0.05, 0) is 30.5 Å². The van der Waals surface area contributed by atoms with Crippen LogP contribution in [0.3, 0.4) is 0 Å². The van der Waals surface area contributed by atoms with Gasteiger partial charge in [0.1, 0.15) is 16.8 Å². The molecule has 0 radical (unpaired) electrons. The van der Waals surface area contributed by atoms with Crippen LogP contribution in [0, 0.1) is 11.3 Å². The van der Waals surface area contributed by atoms with E-state index < -0.39 is 0 Å². The fraction of sp³-hybridized carbons (Fsp3) is 0.455. The van der Waals surface area contributed by atoms with E-state index >= 15 is 0 Å². The summed E-state index contributed by atoms with van der Waals surface area (Å²) in [4.78, 5) is 30.5. The van der Waals surface area contributed by atoms with E-state index in [1.165, 1.54) is 10.5 Å². The van der Waals surface area contributed by atoms with Crippen LogP contribution >= 0.6 is 0 Å². The Hall–Kier alpha value is -2.96. The van der Waals surface area contributed by atoms with Gasteiger partial charge in [0.25, 0.3) is 11.5 Å². The average Bonchev–Trinajstić information content (AvgIpc) is 2.70. The molecule has 0 saturated heterocycles. The summed E-state index contributed by atoms with van der Waals surface area (Å²) in [5.74, 6) is -0.0841. The Kier molecular flexibility index (Phi) is 6.46. The number of unbranched alkanes of at least 4 members (excludes halogenated alkanes) is 3. The van der Waals surface area contributed by atoms with E-state index in [4.69, 9.17) is 5.41 Å². The Balaban J connectivity index is 2.11. The third kappa shape index (κ3) is 4.39. The molecule has 3 aromatic heterocycles. The van der Waals surface area contributed by atoms with Gasteiger partial charge in [0, 0.05) is 19.3 Å². The van der Waals surface area contributed by atoms with Gasteiger partial charge in [-0.15, -0.1) is 0 Å². The molecule has 7 nitrogen and oxygen atoms in total. The van der Waals surface area contributed by atoms with E-state index in [2.05, 4.69) is 17.2 Å². The Morgan fingerprint density at radius 2 is 2.03 bits per heavy atom. The molecule has 0 unspecified atom stereocenters. The highest BCUT2D eigenvalue weighted by Crippen LogP contribution is 2.12. The van der Waals surface area contributed by atoms with E-state index in [0.717, 1.165) is 25.7 Å². The molecule has 0 bridgehead atoms. The van der Waals surface area contributed by atoms with Crippen LogP contribution in [0.2, 0.25) is 0 Å². The summed E-state index contributed by atoms with van der Waals surface area (Å²) in [5.41, 5.74) is 1.03. The molecule has 7 heteroatoms. The second kappa shape index (κ2) is 9.03. The molecular formula is C22H29N5O2. The van der Waals surface area contributed by atoms with Crippen molar-refractivity contribution in [1.29, 1.82) is 5.41 Å². The number of hydrogen-bond donors (Lipinski definition) is 2.